The molecule has 0 aliphatic rings. The molecular formula is C15H17N3O4. The first-order valence-electron chi connectivity index (χ1n) is 6.72. The number of nitrogens with one attached hydrogen (secondary N) is 1. The number of carboxylic acids is 1. The molecule has 0 spiro atoms. The average molecular weight is 303 g/mol. The number of amides is 1. The lowest BCUT2D eigenvalue weighted by Gasteiger charge is -2.19. The van der Waals surface area contributed by atoms with Gasteiger partial charge in [0.1, 0.15) is 0 Å². The summed E-state index contributed by atoms with van der Waals surface area (Å²) in [4.78, 5) is 23.0. The van der Waals surface area contributed by atoms with Gasteiger partial charge in [-0.3, -0.25) is 9.59 Å². The molecule has 0 unspecified atom stereocenters. The summed E-state index contributed by atoms with van der Waals surface area (Å²) in [5.74, 6) is -0.443. The lowest BCUT2D eigenvalue weighted by molar-refractivity contribution is -0.146. The molecule has 2 N–H and O–H groups in total. The molecule has 0 fully saturated rings. The lowest BCUT2D eigenvalue weighted by atomic mass is 9.94. The molecule has 1 aromatic heterocycles. The number of carbonyl (C=O) groups excluding carboxylic acids is 1. The maximum absolute atomic E-state index is 12.0. The molecule has 0 aliphatic heterocycles. The van der Waals surface area contributed by atoms with Crippen molar-refractivity contribution >= 4 is 11.9 Å². The van der Waals surface area contributed by atoms with E-state index in [2.05, 4.69) is 15.5 Å². The number of aryl methyl sites for hydroxylation is 1. The number of aliphatic carboxylic acids is 1. The minimum Gasteiger partial charge on any atom is -0.481 e. The zero-order chi connectivity index (χ0) is 16.3. The molecule has 0 atom stereocenters. The SMILES string of the molecule is Cc1nnc(-c2ccc(C(=O)NCC(C)(C)C(=O)O)cc2)o1. The molecule has 0 radical (unpaired) electrons. The second-order valence-corrected chi connectivity index (χ2v) is 5.58. The van der Waals surface area contributed by atoms with Crippen LogP contribution in [0.4, 0.5) is 0 Å². The van der Waals surface area contributed by atoms with Crippen molar-refractivity contribution in [2.75, 3.05) is 6.54 Å². The third-order valence-corrected chi connectivity index (χ3v) is 3.19. The second-order valence-electron chi connectivity index (χ2n) is 5.58. The van der Waals surface area contributed by atoms with Crippen LogP contribution in [0, 0.1) is 12.3 Å². The van der Waals surface area contributed by atoms with Gasteiger partial charge in [-0.1, -0.05) is 0 Å². The van der Waals surface area contributed by atoms with Crippen molar-refractivity contribution in [3.05, 3.63) is 35.7 Å². The summed E-state index contributed by atoms with van der Waals surface area (Å²) in [6.07, 6.45) is 0. The molecular weight excluding hydrogens is 286 g/mol. The van der Waals surface area contributed by atoms with Crippen LogP contribution in [-0.4, -0.2) is 33.7 Å². The molecule has 0 saturated carbocycles. The third-order valence-electron chi connectivity index (χ3n) is 3.19. The standard InChI is InChI=1S/C15H17N3O4/c1-9-17-18-13(22-9)11-6-4-10(5-7-11)12(19)16-8-15(2,3)14(20)21/h4-7H,8H2,1-3H3,(H,16,19)(H,20,21). The first-order valence-corrected chi connectivity index (χ1v) is 6.72. The van der Waals surface area contributed by atoms with Gasteiger partial charge in [0.15, 0.2) is 0 Å². The van der Waals surface area contributed by atoms with Crippen LogP contribution in [0.2, 0.25) is 0 Å². The number of hydrogen-bond acceptors (Lipinski definition) is 5. The van der Waals surface area contributed by atoms with Crippen molar-refractivity contribution in [2.24, 2.45) is 5.41 Å². The number of benzene rings is 1. The van der Waals surface area contributed by atoms with Gasteiger partial charge in [0.05, 0.1) is 5.41 Å². The summed E-state index contributed by atoms with van der Waals surface area (Å²) in [5.41, 5.74) is 0.126. The number of nitrogens with zero attached hydrogens (tertiary/aromatic N) is 2. The Kier molecular flexibility index (Phi) is 4.25. The van der Waals surface area contributed by atoms with E-state index >= 15 is 0 Å². The lowest BCUT2D eigenvalue weighted by Crippen LogP contribution is -2.38. The first-order chi connectivity index (χ1) is 10.3. The van der Waals surface area contributed by atoms with Crippen LogP contribution < -0.4 is 5.32 Å². The van der Waals surface area contributed by atoms with Crippen LogP contribution in [-0.2, 0) is 4.79 Å². The summed E-state index contributed by atoms with van der Waals surface area (Å²) in [5, 5.41) is 19.3. The van der Waals surface area contributed by atoms with Gasteiger partial charge in [0.2, 0.25) is 11.8 Å². The number of aromatic nitrogens is 2. The summed E-state index contributed by atoms with van der Waals surface area (Å²) in [7, 11) is 0. The third kappa shape index (κ3) is 3.49. The van der Waals surface area contributed by atoms with E-state index in [0.717, 1.165) is 0 Å². The van der Waals surface area contributed by atoms with Gasteiger partial charge in [-0.05, 0) is 38.1 Å². The first kappa shape index (κ1) is 15.7. The van der Waals surface area contributed by atoms with Gasteiger partial charge < -0.3 is 14.8 Å². The maximum Gasteiger partial charge on any atom is 0.310 e. The molecule has 2 aromatic rings. The van der Waals surface area contributed by atoms with Crippen molar-refractivity contribution in [3.63, 3.8) is 0 Å². The Balaban J connectivity index is 2.04. The van der Waals surface area contributed by atoms with Gasteiger partial charge >= 0.3 is 5.97 Å². The molecule has 0 bridgehead atoms. The molecule has 1 amide bonds. The quantitative estimate of drug-likeness (QED) is 0.873. The fraction of sp³-hybridized carbons (Fsp3) is 0.333. The molecule has 2 rings (SSSR count). The Labute approximate surface area is 127 Å². The summed E-state index contributed by atoms with van der Waals surface area (Å²) >= 11 is 0. The highest BCUT2D eigenvalue weighted by Gasteiger charge is 2.27. The Morgan fingerprint density at radius 1 is 1.23 bits per heavy atom. The molecule has 7 heteroatoms. The fourth-order valence-electron chi connectivity index (χ4n) is 1.66. The van der Waals surface area contributed by atoms with E-state index in [9.17, 15) is 9.59 Å². The Morgan fingerprint density at radius 2 is 1.86 bits per heavy atom. The zero-order valence-electron chi connectivity index (χ0n) is 12.6. The predicted molar refractivity (Wildman–Crippen MR) is 78.2 cm³/mol. The second kappa shape index (κ2) is 5.97. The highest BCUT2D eigenvalue weighted by atomic mass is 16.4. The summed E-state index contributed by atoms with van der Waals surface area (Å²) in [6, 6.07) is 6.64. The highest BCUT2D eigenvalue weighted by Crippen LogP contribution is 2.18. The molecule has 1 heterocycles. The molecule has 7 nitrogen and oxygen atoms in total. The predicted octanol–water partition coefficient (Wildman–Crippen LogP) is 1.89. The molecule has 22 heavy (non-hydrogen) atoms. The van der Waals surface area contributed by atoms with Crippen LogP contribution in [0.3, 0.4) is 0 Å². The Bertz CT molecular complexity index is 689. The van der Waals surface area contributed by atoms with Crippen LogP contribution in [0.25, 0.3) is 11.5 Å². The number of rotatable bonds is 5. The smallest absolute Gasteiger partial charge is 0.310 e. The van der Waals surface area contributed by atoms with Crippen molar-refractivity contribution in [1.82, 2.24) is 15.5 Å². The molecule has 0 aliphatic carbocycles. The van der Waals surface area contributed by atoms with Crippen molar-refractivity contribution in [2.45, 2.75) is 20.8 Å². The van der Waals surface area contributed by atoms with Gasteiger partial charge in [0.25, 0.3) is 5.91 Å². The van der Waals surface area contributed by atoms with Crippen LogP contribution in [0.1, 0.15) is 30.1 Å². The monoisotopic (exact) mass is 303 g/mol. The largest absolute Gasteiger partial charge is 0.481 e. The maximum atomic E-state index is 12.0. The van der Waals surface area contributed by atoms with Gasteiger partial charge in [-0.25, -0.2) is 0 Å². The van der Waals surface area contributed by atoms with Gasteiger partial charge in [-0.2, -0.15) is 0 Å². The van der Waals surface area contributed by atoms with E-state index < -0.39 is 11.4 Å². The van der Waals surface area contributed by atoms with E-state index in [1.807, 2.05) is 0 Å². The average Bonchev–Trinajstić information content (AvgIpc) is 2.91. The van der Waals surface area contributed by atoms with E-state index in [4.69, 9.17) is 9.52 Å². The number of hydrogen-bond donors (Lipinski definition) is 2. The topological polar surface area (TPSA) is 105 Å². The Morgan fingerprint density at radius 3 is 2.36 bits per heavy atom. The fourth-order valence-corrected chi connectivity index (χ4v) is 1.66. The summed E-state index contributed by atoms with van der Waals surface area (Å²) < 4.78 is 5.30. The van der Waals surface area contributed by atoms with E-state index in [1.165, 1.54) is 0 Å². The van der Waals surface area contributed by atoms with E-state index in [0.29, 0.717) is 22.9 Å². The van der Waals surface area contributed by atoms with E-state index in [-0.39, 0.29) is 12.5 Å². The minimum atomic E-state index is -1.02. The van der Waals surface area contributed by atoms with E-state index in [1.54, 1.807) is 45.0 Å². The molecule has 1 aromatic carbocycles. The van der Waals surface area contributed by atoms with Crippen molar-refractivity contribution in [3.8, 4) is 11.5 Å². The van der Waals surface area contributed by atoms with Gasteiger partial charge in [-0.15, -0.1) is 10.2 Å². The molecule has 116 valence electrons. The van der Waals surface area contributed by atoms with Crippen molar-refractivity contribution < 1.29 is 19.1 Å². The van der Waals surface area contributed by atoms with Crippen molar-refractivity contribution in [1.29, 1.82) is 0 Å². The highest BCUT2D eigenvalue weighted by molar-refractivity contribution is 5.94. The zero-order valence-corrected chi connectivity index (χ0v) is 12.6. The Hall–Kier alpha value is -2.70. The van der Waals surface area contributed by atoms with Crippen LogP contribution in [0.5, 0.6) is 0 Å². The summed E-state index contributed by atoms with van der Waals surface area (Å²) in [6.45, 7) is 4.85. The normalized spacial score (nSPS) is 11.2. The molecule has 0 saturated heterocycles. The van der Waals surface area contributed by atoms with Crippen LogP contribution in [0.15, 0.2) is 28.7 Å². The number of carbonyl (C=O) groups is 2. The van der Waals surface area contributed by atoms with Gasteiger partial charge in [0, 0.05) is 24.6 Å². The number of carboxylic acid groups (broad SMARTS) is 1. The minimum absolute atomic E-state index is 0.0474. The van der Waals surface area contributed by atoms with Crippen LogP contribution >= 0.6 is 0 Å².